The van der Waals surface area contributed by atoms with Crippen molar-refractivity contribution in [2.45, 2.75) is 6.54 Å². The first-order valence-electron chi connectivity index (χ1n) is 9.59. The van der Waals surface area contributed by atoms with Crippen molar-refractivity contribution in [1.29, 1.82) is 0 Å². The van der Waals surface area contributed by atoms with Crippen LogP contribution in [-0.4, -0.2) is 28.8 Å². The van der Waals surface area contributed by atoms with Gasteiger partial charge in [-0.05, 0) is 29.8 Å². The van der Waals surface area contributed by atoms with Crippen LogP contribution in [0.5, 0.6) is 0 Å². The minimum atomic E-state index is -0.437. The van der Waals surface area contributed by atoms with Crippen LogP contribution in [0.15, 0.2) is 84.0 Å². The quantitative estimate of drug-likeness (QED) is 0.190. The first-order chi connectivity index (χ1) is 15.0. The minimum absolute atomic E-state index is 0.00238. The van der Waals surface area contributed by atoms with Crippen molar-refractivity contribution in [1.82, 2.24) is 4.57 Å². The summed E-state index contributed by atoms with van der Waals surface area (Å²) < 4.78 is 6.89. The molecule has 154 valence electrons. The summed E-state index contributed by atoms with van der Waals surface area (Å²) in [5.74, 6) is -0.371. The molecule has 3 aromatic carbocycles. The van der Waals surface area contributed by atoms with Crippen molar-refractivity contribution >= 4 is 34.5 Å². The Morgan fingerprint density at radius 1 is 1.10 bits per heavy atom. The largest absolute Gasteiger partial charge is 0.465 e. The molecule has 0 radical (unpaired) electrons. The molecule has 0 amide bonds. The summed E-state index contributed by atoms with van der Waals surface area (Å²) in [4.78, 5) is 26.8. The molecule has 0 atom stereocenters. The predicted octanol–water partition coefficient (Wildman–Crippen LogP) is 5.14. The highest BCUT2D eigenvalue weighted by atomic mass is 16.6. The number of rotatable bonds is 6. The zero-order chi connectivity index (χ0) is 21.8. The molecule has 7 nitrogen and oxygen atoms in total. The van der Waals surface area contributed by atoms with E-state index in [-0.39, 0.29) is 11.7 Å². The fourth-order valence-corrected chi connectivity index (χ4v) is 3.45. The lowest BCUT2D eigenvalue weighted by Crippen LogP contribution is -2.03. The zero-order valence-corrected chi connectivity index (χ0v) is 16.8. The standard InChI is InChI=1S/C24H19N3O4/c1-31-24(28)18-7-4-6-17(12-18)15-26-16-19(22-10-2-3-11-23(22)26)14-25-20-8-5-9-21(13-20)27(29)30/h2-14,16H,15H2,1H3. The second-order valence-electron chi connectivity index (χ2n) is 6.96. The van der Waals surface area contributed by atoms with Crippen LogP contribution in [0.25, 0.3) is 10.9 Å². The first-order valence-corrected chi connectivity index (χ1v) is 9.59. The van der Waals surface area contributed by atoms with Crippen molar-refractivity contribution in [3.8, 4) is 0 Å². The molecule has 0 saturated carbocycles. The Morgan fingerprint density at radius 3 is 2.71 bits per heavy atom. The third-order valence-electron chi connectivity index (χ3n) is 4.91. The van der Waals surface area contributed by atoms with E-state index in [2.05, 4.69) is 9.56 Å². The van der Waals surface area contributed by atoms with Gasteiger partial charge in [0.15, 0.2) is 0 Å². The van der Waals surface area contributed by atoms with Gasteiger partial charge in [0.05, 0.1) is 23.3 Å². The Balaban J connectivity index is 1.67. The van der Waals surface area contributed by atoms with E-state index in [1.54, 1.807) is 24.4 Å². The average molecular weight is 413 g/mol. The number of ether oxygens (including phenoxy) is 1. The Hall–Kier alpha value is -4.26. The van der Waals surface area contributed by atoms with Gasteiger partial charge in [0.2, 0.25) is 0 Å². The van der Waals surface area contributed by atoms with Gasteiger partial charge in [0.25, 0.3) is 5.69 Å². The molecule has 0 aliphatic heterocycles. The number of para-hydroxylation sites is 1. The summed E-state index contributed by atoms with van der Waals surface area (Å²) in [5, 5.41) is 12.0. The van der Waals surface area contributed by atoms with Crippen molar-refractivity contribution in [3.63, 3.8) is 0 Å². The predicted molar refractivity (Wildman–Crippen MR) is 119 cm³/mol. The molecule has 0 N–H and O–H groups in total. The van der Waals surface area contributed by atoms with Crippen LogP contribution in [0.2, 0.25) is 0 Å². The van der Waals surface area contributed by atoms with Crippen molar-refractivity contribution in [2.75, 3.05) is 7.11 Å². The van der Waals surface area contributed by atoms with Crippen LogP contribution in [0.1, 0.15) is 21.5 Å². The fourth-order valence-electron chi connectivity index (χ4n) is 3.45. The summed E-state index contributed by atoms with van der Waals surface area (Å²) in [5.41, 5.74) is 3.90. The second kappa shape index (κ2) is 8.62. The van der Waals surface area contributed by atoms with E-state index in [1.165, 1.54) is 19.2 Å². The minimum Gasteiger partial charge on any atom is -0.465 e. The zero-order valence-electron chi connectivity index (χ0n) is 16.8. The van der Waals surface area contributed by atoms with Crippen LogP contribution in [0.3, 0.4) is 0 Å². The van der Waals surface area contributed by atoms with E-state index in [0.29, 0.717) is 17.8 Å². The van der Waals surface area contributed by atoms with Gasteiger partial charge >= 0.3 is 5.97 Å². The van der Waals surface area contributed by atoms with Crippen LogP contribution in [-0.2, 0) is 11.3 Å². The van der Waals surface area contributed by atoms with E-state index < -0.39 is 4.92 Å². The van der Waals surface area contributed by atoms with E-state index >= 15 is 0 Å². The number of hydrogen-bond donors (Lipinski definition) is 0. The number of esters is 1. The molecule has 4 rings (SSSR count). The highest BCUT2D eigenvalue weighted by molar-refractivity contribution is 6.00. The molecule has 0 aliphatic carbocycles. The average Bonchev–Trinajstić information content (AvgIpc) is 3.15. The molecule has 31 heavy (non-hydrogen) atoms. The second-order valence-corrected chi connectivity index (χ2v) is 6.96. The number of nitro groups is 1. The number of carbonyl (C=O) groups excluding carboxylic acids is 1. The van der Waals surface area contributed by atoms with Crippen molar-refractivity contribution in [2.24, 2.45) is 4.99 Å². The lowest BCUT2D eigenvalue weighted by molar-refractivity contribution is -0.384. The third-order valence-corrected chi connectivity index (χ3v) is 4.91. The number of fused-ring (bicyclic) bond motifs is 1. The molecule has 1 heterocycles. The van der Waals surface area contributed by atoms with Crippen LogP contribution >= 0.6 is 0 Å². The Morgan fingerprint density at radius 2 is 1.90 bits per heavy atom. The van der Waals surface area contributed by atoms with Gasteiger partial charge in [-0.25, -0.2) is 4.79 Å². The topological polar surface area (TPSA) is 86.7 Å². The molecule has 0 fully saturated rings. The molecule has 0 saturated heterocycles. The van der Waals surface area contributed by atoms with Crippen molar-refractivity contribution < 1.29 is 14.5 Å². The van der Waals surface area contributed by atoms with Gasteiger partial charge < -0.3 is 9.30 Å². The molecular formula is C24H19N3O4. The maximum atomic E-state index is 11.8. The highest BCUT2D eigenvalue weighted by Crippen LogP contribution is 2.24. The van der Waals surface area contributed by atoms with Crippen LogP contribution in [0.4, 0.5) is 11.4 Å². The van der Waals surface area contributed by atoms with Crippen molar-refractivity contribution in [3.05, 3.63) is 106 Å². The van der Waals surface area contributed by atoms with Gasteiger partial charge in [-0.3, -0.25) is 15.1 Å². The van der Waals surface area contributed by atoms with Gasteiger partial charge in [-0.15, -0.1) is 0 Å². The lowest BCUT2D eigenvalue weighted by atomic mass is 10.1. The molecule has 0 unspecified atom stereocenters. The van der Waals surface area contributed by atoms with Gasteiger partial charge in [-0.2, -0.15) is 0 Å². The summed E-state index contributed by atoms with van der Waals surface area (Å²) in [6.45, 7) is 0.565. The number of benzene rings is 3. The first kappa shape index (κ1) is 20.0. The van der Waals surface area contributed by atoms with E-state index in [0.717, 1.165) is 22.0 Å². The summed E-state index contributed by atoms with van der Waals surface area (Å²) in [7, 11) is 1.36. The number of methoxy groups -OCH3 is 1. The number of hydrogen-bond acceptors (Lipinski definition) is 5. The lowest BCUT2D eigenvalue weighted by Gasteiger charge is -2.07. The van der Waals surface area contributed by atoms with Gasteiger partial charge in [0.1, 0.15) is 0 Å². The van der Waals surface area contributed by atoms with E-state index in [9.17, 15) is 14.9 Å². The molecule has 0 spiro atoms. The third kappa shape index (κ3) is 4.35. The summed E-state index contributed by atoms with van der Waals surface area (Å²) in [6.07, 6.45) is 3.69. The maximum Gasteiger partial charge on any atom is 0.337 e. The fraction of sp³-hybridized carbons (Fsp3) is 0.0833. The number of carbonyl (C=O) groups is 1. The number of nitro benzene ring substituents is 1. The molecule has 0 aliphatic rings. The number of nitrogens with zero attached hydrogens (tertiary/aromatic N) is 3. The number of non-ortho nitro benzene ring substituents is 1. The van der Waals surface area contributed by atoms with E-state index in [4.69, 9.17) is 4.74 Å². The van der Waals surface area contributed by atoms with Crippen LogP contribution in [0, 0.1) is 10.1 Å². The molecule has 1 aromatic heterocycles. The smallest absolute Gasteiger partial charge is 0.337 e. The summed E-state index contributed by atoms with van der Waals surface area (Å²) >= 11 is 0. The highest BCUT2D eigenvalue weighted by Gasteiger charge is 2.10. The SMILES string of the molecule is COC(=O)c1cccc(Cn2cc(C=Nc3cccc([N+](=O)[O-])c3)c3ccccc32)c1. The number of aliphatic imine (C=N–C) groups is 1. The Labute approximate surface area is 178 Å². The van der Waals surface area contributed by atoms with Crippen LogP contribution < -0.4 is 0 Å². The van der Waals surface area contributed by atoms with Gasteiger partial charge in [-0.1, -0.05) is 36.4 Å². The summed E-state index contributed by atoms with van der Waals surface area (Å²) in [6, 6.07) is 21.5. The Bertz CT molecular complexity index is 1310. The molecule has 4 aromatic rings. The van der Waals surface area contributed by atoms with Gasteiger partial charge in [0, 0.05) is 47.6 Å². The normalized spacial score (nSPS) is 11.1. The maximum absolute atomic E-state index is 11.8. The monoisotopic (exact) mass is 413 g/mol. The molecule has 7 heteroatoms. The number of aromatic nitrogens is 1. The Kier molecular flexibility index (Phi) is 5.57. The van der Waals surface area contributed by atoms with E-state index in [1.807, 2.05) is 48.7 Å². The molecular weight excluding hydrogens is 394 g/mol. The molecule has 0 bridgehead atoms.